The van der Waals surface area contributed by atoms with E-state index in [4.69, 9.17) is 14.4 Å². The molecule has 0 unspecified atom stereocenters. The van der Waals surface area contributed by atoms with E-state index in [2.05, 4.69) is 53.5 Å². The normalized spacial score (nSPS) is 11.7. The molecule has 188 valence electrons. The van der Waals surface area contributed by atoms with Crippen LogP contribution in [0.2, 0.25) is 0 Å². The molecular weight excluding hydrogens is 468 g/mol. The van der Waals surface area contributed by atoms with E-state index in [-0.39, 0.29) is 0 Å². The molecule has 0 aliphatic rings. The lowest BCUT2D eigenvalue weighted by Gasteiger charge is -2.09. The number of furan rings is 1. The second-order valence-electron chi connectivity index (χ2n) is 9.44. The molecule has 4 heterocycles. The van der Waals surface area contributed by atoms with Gasteiger partial charge in [-0.2, -0.15) is 0 Å². The van der Waals surface area contributed by atoms with Crippen molar-refractivity contribution >= 4 is 55.3 Å². The summed E-state index contributed by atoms with van der Waals surface area (Å²) in [5.41, 5.74) is 5.09. The first-order valence-corrected chi connectivity index (χ1v) is 13.7. The van der Waals surface area contributed by atoms with Crippen LogP contribution in [0.3, 0.4) is 0 Å². The summed E-state index contributed by atoms with van der Waals surface area (Å²) in [6.45, 7) is 12.1. The highest BCUT2D eigenvalue weighted by Crippen LogP contribution is 2.35. The van der Waals surface area contributed by atoms with Crippen LogP contribution in [-0.2, 0) is 6.42 Å². The summed E-state index contributed by atoms with van der Waals surface area (Å²) >= 11 is 1.74. The van der Waals surface area contributed by atoms with E-state index < -0.39 is 0 Å². The zero-order chi connectivity index (χ0) is 25.2. The lowest BCUT2D eigenvalue weighted by atomic mass is 10.0. The lowest BCUT2D eigenvalue weighted by Crippen LogP contribution is -2.06. The van der Waals surface area contributed by atoms with Crippen LogP contribution in [-0.4, -0.2) is 33.0 Å². The first-order chi connectivity index (χ1) is 17.5. The minimum atomic E-state index is 0.755. The fourth-order valence-corrected chi connectivity index (χ4v) is 5.79. The Labute approximate surface area is 215 Å². The number of nitrogens with zero attached hydrogens (tertiary/aromatic N) is 4. The molecule has 0 aliphatic carbocycles. The second-order valence-corrected chi connectivity index (χ2v) is 10.6. The fourth-order valence-electron chi connectivity index (χ4n) is 4.71. The molecular formula is C28H34N6OS. The zero-order valence-electron chi connectivity index (χ0n) is 21.8. The van der Waals surface area contributed by atoms with E-state index in [1.807, 2.05) is 19.9 Å². The number of thiophene rings is 1. The first-order valence-electron chi connectivity index (χ1n) is 12.9. The van der Waals surface area contributed by atoms with Gasteiger partial charge in [-0.3, -0.25) is 0 Å². The molecule has 0 fully saturated rings. The maximum Gasteiger partial charge on any atom is 0.196 e. The van der Waals surface area contributed by atoms with E-state index in [0.29, 0.717) is 0 Å². The van der Waals surface area contributed by atoms with Crippen molar-refractivity contribution in [3.63, 3.8) is 0 Å². The molecule has 8 heteroatoms. The fraction of sp³-hybridized carbons (Fsp3) is 0.429. The van der Waals surface area contributed by atoms with Gasteiger partial charge in [-0.25, -0.2) is 19.9 Å². The van der Waals surface area contributed by atoms with E-state index in [0.717, 1.165) is 101 Å². The van der Waals surface area contributed by atoms with E-state index in [9.17, 15) is 0 Å². The van der Waals surface area contributed by atoms with Gasteiger partial charge in [0.2, 0.25) is 0 Å². The number of unbranched alkanes of at least 4 members (excludes halogenated alkanes) is 2. The number of aromatic nitrogens is 4. The minimum Gasteiger partial charge on any atom is -0.450 e. The van der Waals surface area contributed by atoms with Gasteiger partial charge >= 0.3 is 0 Å². The summed E-state index contributed by atoms with van der Waals surface area (Å²) in [5, 5.41) is 9.30. The predicted octanol–water partition coefficient (Wildman–Crippen LogP) is 7.26. The molecule has 2 N–H and O–H groups in total. The quantitative estimate of drug-likeness (QED) is 0.194. The van der Waals surface area contributed by atoms with Gasteiger partial charge in [-0.15, -0.1) is 11.3 Å². The molecule has 0 saturated carbocycles. The van der Waals surface area contributed by atoms with Crippen molar-refractivity contribution < 1.29 is 4.42 Å². The van der Waals surface area contributed by atoms with Gasteiger partial charge in [0.15, 0.2) is 11.4 Å². The smallest absolute Gasteiger partial charge is 0.196 e. The largest absolute Gasteiger partial charge is 0.450 e. The van der Waals surface area contributed by atoms with Crippen molar-refractivity contribution in [2.24, 2.45) is 0 Å². The van der Waals surface area contributed by atoms with Crippen LogP contribution >= 0.6 is 11.3 Å². The highest BCUT2D eigenvalue weighted by molar-refractivity contribution is 7.18. The Morgan fingerprint density at radius 3 is 2.42 bits per heavy atom. The van der Waals surface area contributed by atoms with Crippen molar-refractivity contribution in [1.29, 1.82) is 0 Å². The zero-order valence-corrected chi connectivity index (χ0v) is 22.6. The van der Waals surface area contributed by atoms with Crippen molar-refractivity contribution in [1.82, 2.24) is 19.9 Å². The van der Waals surface area contributed by atoms with Crippen LogP contribution in [0, 0.1) is 27.7 Å². The average molecular weight is 503 g/mol. The van der Waals surface area contributed by atoms with E-state index >= 15 is 0 Å². The van der Waals surface area contributed by atoms with Gasteiger partial charge in [0.05, 0.1) is 10.8 Å². The third-order valence-corrected chi connectivity index (χ3v) is 7.77. The lowest BCUT2D eigenvalue weighted by molar-refractivity contribution is 0.664. The molecule has 0 amide bonds. The standard InChI is InChI=1S/C28H34N6OS/c1-6-7-14-30-27-25-24(31-18(4)33-27)23-20(12-10-13-21(23)35-25)11-8-9-15-29-26-22-16(2)17(3)36-28(22)34-19(5)32-26/h10,12-13H,6-9,11,14-15H2,1-5H3,(H,29,32,34)(H,30,31,33). The Bertz CT molecular complexity index is 1540. The predicted molar refractivity (Wildman–Crippen MR) is 150 cm³/mol. The minimum absolute atomic E-state index is 0.755. The van der Waals surface area contributed by atoms with Crippen molar-refractivity contribution in [2.45, 2.75) is 66.7 Å². The van der Waals surface area contributed by atoms with Crippen LogP contribution in [0.25, 0.3) is 32.3 Å². The molecule has 0 atom stereocenters. The van der Waals surface area contributed by atoms with E-state index in [1.54, 1.807) is 11.3 Å². The summed E-state index contributed by atoms with van der Waals surface area (Å²) in [4.78, 5) is 21.1. The Balaban J connectivity index is 1.31. The number of rotatable bonds is 10. The summed E-state index contributed by atoms with van der Waals surface area (Å²) in [6.07, 6.45) is 5.28. The van der Waals surface area contributed by atoms with Crippen molar-refractivity contribution in [2.75, 3.05) is 23.7 Å². The molecule has 0 aliphatic heterocycles. The molecule has 0 saturated heterocycles. The van der Waals surface area contributed by atoms with E-state index in [1.165, 1.54) is 16.0 Å². The second kappa shape index (κ2) is 10.4. The summed E-state index contributed by atoms with van der Waals surface area (Å²) in [6, 6.07) is 6.30. The highest BCUT2D eigenvalue weighted by atomic mass is 32.1. The number of hydrogen-bond donors (Lipinski definition) is 2. The molecule has 0 bridgehead atoms. The van der Waals surface area contributed by atoms with Gasteiger partial charge < -0.3 is 15.1 Å². The molecule has 0 radical (unpaired) electrons. The monoisotopic (exact) mass is 502 g/mol. The summed E-state index contributed by atoms with van der Waals surface area (Å²) < 4.78 is 6.25. The molecule has 5 aromatic rings. The summed E-state index contributed by atoms with van der Waals surface area (Å²) in [7, 11) is 0. The summed E-state index contributed by atoms with van der Waals surface area (Å²) in [5.74, 6) is 3.32. The Kier molecular flexibility index (Phi) is 7.05. The number of hydrogen-bond acceptors (Lipinski definition) is 8. The van der Waals surface area contributed by atoms with Gasteiger partial charge in [-0.1, -0.05) is 25.5 Å². The SMILES string of the molecule is CCCCNc1nc(C)nc2c1oc1cccc(CCCCNc3nc(C)nc4sc(C)c(C)c34)c12. The van der Waals surface area contributed by atoms with Crippen LogP contribution in [0.5, 0.6) is 0 Å². The van der Waals surface area contributed by atoms with Crippen LogP contribution in [0.1, 0.15) is 60.3 Å². The van der Waals surface area contributed by atoms with Crippen molar-refractivity contribution in [3.05, 3.63) is 45.9 Å². The van der Waals surface area contributed by atoms with Crippen molar-refractivity contribution in [3.8, 4) is 0 Å². The first kappa shape index (κ1) is 24.4. The van der Waals surface area contributed by atoms with Gasteiger partial charge in [0.1, 0.15) is 33.4 Å². The molecule has 1 aromatic carbocycles. The number of benzene rings is 1. The Morgan fingerprint density at radius 1 is 0.833 bits per heavy atom. The van der Waals surface area contributed by atoms with Gasteiger partial charge in [0, 0.05) is 18.0 Å². The third kappa shape index (κ3) is 4.74. The number of aryl methyl sites for hydroxylation is 5. The maximum absolute atomic E-state index is 6.25. The average Bonchev–Trinajstić information content (AvgIpc) is 3.36. The van der Waals surface area contributed by atoms with Crippen LogP contribution in [0.15, 0.2) is 22.6 Å². The van der Waals surface area contributed by atoms with Crippen LogP contribution < -0.4 is 10.6 Å². The molecule has 0 spiro atoms. The highest BCUT2D eigenvalue weighted by Gasteiger charge is 2.17. The van der Waals surface area contributed by atoms with Crippen LogP contribution in [0.4, 0.5) is 11.6 Å². The Morgan fingerprint density at radius 2 is 1.58 bits per heavy atom. The number of anilines is 2. The Hall–Kier alpha value is -3.26. The third-order valence-electron chi connectivity index (χ3n) is 6.67. The molecule has 7 nitrogen and oxygen atoms in total. The molecule has 4 aromatic heterocycles. The number of fused-ring (bicyclic) bond motifs is 4. The maximum atomic E-state index is 6.25. The molecule has 5 rings (SSSR count). The topological polar surface area (TPSA) is 88.8 Å². The molecule has 36 heavy (non-hydrogen) atoms. The van der Waals surface area contributed by atoms with Gasteiger partial charge in [0.25, 0.3) is 0 Å². The number of nitrogens with one attached hydrogen (secondary N) is 2. The van der Waals surface area contributed by atoms with Gasteiger partial charge in [-0.05, 0) is 70.6 Å².